The van der Waals surface area contributed by atoms with Crippen molar-refractivity contribution in [1.29, 1.82) is 0 Å². The lowest BCUT2D eigenvalue weighted by Gasteiger charge is -2.32. The summed E-state index contributed by atoms with van der Waals surface area (Å²) in [5.74, 6) is 0.211. The summed E-state index contributed by atoms with van der Waals surface area (Å²) < 4.78 is 8.32. The number of piperidine rings is 1. The molecule has 0 aliphatic carbocycles. The van der Waals surface area contributed by atoms with E-state index in [9.17, 15) is 14.4 Å². The molecule has 13 heteroatoms. The Morgan fingerprint density at radius 3 is 2.51 bits per heavy atom. The average Bonchev–Trinajstić information content (AvgIpc) is 3.55. The Morgan fingerprint density at radius 2 is 1.80 bits per heavy atom. The standard InChI is InChI=1S/C28H33ClIN7O4/c1-28(2,3)41-27(40)36-12-8-19(16-36)34-25(38)17-6-10-35(11-7-17)26(39)20-5-4-18(14-21(20)29)33-23-24-32-15-22(30)37(24)13-9-31-23/h4-5,9,13-15,17,19H,6-8,10-12,16H2,1-3H3,(H,31,33)(H,34,38)/t19-/m1/s1. The zero-order valence-corrected chi connectivity index (χ0v) is 26.1. The molecule has 2 N–H and O–H groups in total. The average molecular weight is 694 g/mol. The van der Waals surface area contributed by atoms with Gasteiger partial charge in [0.05, 0.1) is 16.8 Å². The minimum absolute atomic E-state index is 0.0302. The number of imidazole rings is 1. The molecule has 218 valence electrons. The Bertz CT molecular complexity index is 1470. The fraction of sp³-hybridized carbons (Fsp3) is 0.464. The number of halogens is 2. The summed E-state index contributed by atoms with van der Waals surface area (Å²) in [5.41, 5.74) is 1.24. The van der Waals surface area contributed by atoms with Gasteiger partial charge in [0.15, 0.2) is 11.5 Å². The van der Waals surface area contributed by atoms with Gasteiger partial charge >= 0.3 is 6.09 Å². The zero-order chi connectivity index (χ0) is 29.3. The minimum atomic E-state index is -0.556. The van der Waals surface area contributed by atoms with Crippen molar-refractivity contribution in [2.24, 2.45) is 5.92 Å². The van der Waals surface area contributed by atoms with E-state index < -0.39 is 5.60 Å². The van der Waals surface area contributed by atoms with Crippen LogP contribution in [0.2, 0.25) is 5.02 Å². The van der Waals surface area contributed by atoms with Crippen LogP contribution >= 0.6 is 34.2 Å². The quantitative estimate of drug-likeness (QED) is 0.372. The van der Waals surface area contributed by atoms with Crippen LogP contribution in [0.25, 0.3) is 5.65 Å². The summed E-state index contributed by atoms with van der Waals surface area (Å²) in [5, 5.41) is 6.66. The smallest absolute Gasteiger partial charge is 0.410 e. The van der Waals surface area contributed by atoms with Crippen LogP contribution in [0.1, 0.15) is 50.4 Å². The molecule has 1 aromatic carbocycles. The van der Waals surface area contributed by atoms with Crippen molar-refractivity contribution in [1.82, 2.24) is 29.5 Å². The number of anilines is 2. The van der Waals surface area contributed by atoms with Gasteiger partial charge < -0.3 is 25.2 Å². The van der Waals surface area contributed by atoms with Crippen LogP contribution in [0.5, 0.6) is 0 Å². The molecule has 2 fully saturated rings. The van der Waals surface area contributed by atoms with Gasteiger partial charge in [0, 0.05) is 56.2 Å². The zero-order valence-electron chi connectivity index (χ0n) is 23.2. The van der Waals surface area contributed by atoms with Crippen LogP contribution in [0.4, 0.5) is 16.3 Å². The molecule has 2 saturated heterocycles. The lowest BCUT2D eigenvalue weighted by atomic mass is 9.95. The third-order valence-electron chi connectivity index (χ3n) is 7.18. The highest BCUT2D eigenvalue weighted by Crippen LogP contribution is 2.28. The number of rotatable bonds is 5. The third kappa shape index (κ3) is 6.85. The third-order valence-corrected chi connectivity index (χ3v) is 8.30. The van der Waals surface area contributed by atoms with E-state index in [1.165, 1.54) is 0 Å². The van der Waals surface area contributed by atoms with Gasteiger partial charge in [-0.3, -0.25) is 14.0 Å². The van der Waals surface area contributed by atoms with E-state index in [0.717, 1.165) is 3.70 Å². The number of nitrogens with zero attached hydrogens (tertiary/aromatic N) is 5. The summed E-state index contributed by atoms with van der Waals surface area (Å²) >= 11 is 8.75. The summed E-state index contributed by atoms with van der Waals surface area (Å²) in [6.07, 6.45) is 6.76. The molecular formula is C28H33ClIN7O4. The second-order valence-corrected chi connectivity index (χ2v) is 12.9. The number of amides is 3. The number of nitrogens with one attached hydrogen (secondary N) is 2. The predicted octanol–water partition coefficient (Wildman–Crippen LogP) is 4.71. The normalized spacial score (nSPS) is 18.0. The lowest BCUT2D eigenvalue weighted by Crippen LogP contribution is -2.46. The maximum absolute atomic E-state index is 13.3. The van der Waals surface area contributed by atoms with Crippen LogP contribution in [-0.2, 0) is 9.53 Å². The van der Waals surface area contributed by atoms with E-state index >= 15 is 0 Å². The summed E-state index contributed by atoms with van der Waals surface area (Å²) in [4.78, 5) is 50.7. The number of benzene rings is 1. The Morgan fingerprint density at radius 1 is 1.07 bits per heavy atom. The molecule has 2 aliphatic rings. The number of aromatic nitrogens is 3. The number of hydrogen-bond acceptors (Lipinski definition) is 7. The Labute approximate surface area is 257 Å². The Balaban J connectivity index is 1.12. The monoisotopic (exact) mass is 693 g/mol. The van der Waals surface area contributed by atoms with E-state index in [1.54, 1.807) is 40.4 Å². The largest absolute Gasteiger partial charge is 0.444 e. The molecule has 5 rings (SSSR count). The number of likely N-dealkylation sites (tertiary alicyclic amines) is 2. The van der Waals surface area contributed by atoms with Crippen LogP contribution in [0.15, 0.2) is 36.8 Å². The summed E-state index contributed by atoms with van der Waals surface area (Å²) in [7, 11) is 0. The molecule has 11 nitrogen and oxygen atoms in total. The van der Waals surface area contributed by atoms with E-state index in [-0.39, 0.29) is 29.9 Å². The van der Waals surface area contributed by atoms with Crippen molar-refractivity contribution in [3.8, 4) is 0 Å². The molecule has 3 amide bonds. The minimum Gasteiger partial charge on any atom is -0.444 e. The van der Waals surface area contributed by atoms with Gasteiger partial charge in [-0.1, -0.05) is 11.6 Å². The van der Waals surface area contributed by atoms with Crippen molar-refractivity contribution in [2.75, 3.05) is 31.5 Å². The molecule has 0 bridgehead atoms. The molecule has 4 heterocycles. The van der Waals surface area contributed by atoms with Gasteiger partial charge in [-0.05, 0) is 80.8 Å². The summed E-state index contributed by atoms with van der Waals surface area (Å²) in [6, 6.07) is 5.11. The Hall–Kier alpha value is -3.13. The van der Waals surface area contributed by atoms with Crippen LogP contribution in [0, 0.1) is 9.62 Å². The molecule has 1 atom stereocenters. The number of ether oxygens (including phenoxy) is 1. The van der Waals surface area contributed by atoms with Crippen LogP contribution in [0.3, 0.4) is 0 Å². The second-order valence-electron chi connectivity index (χ2n) is 11.4. The molecule has 0 radical (unpaired) electrons. The first kappa shape index (κ1) is 29.4. The highest BCUT2D eigenvalue weighted by atomic mass is 127. The number of carbonyl (C=O) groups is 3. The molecule has 2 aliphatic heterocycles. The first-order valence-corrected chi connectivity index (χ1v) is 15.1. The maximum Gasteiger partial charge on any atom is 0.410 e. The lowest BCUT2D eigenvalue weighted by molar-refractivity contribution is -0.127. The van der Waals surface area contributed by atoms with Crippen LogP contribution < -0.4 is 10.6 Å². The van der Waals surface area contributed by atoms with Crippen molar-refractivity contribution in [2.45, 2.75) is 51.7 Å². The highest BCUT2D eigenvalue weighted by Gasteiger charge is 2.33. The van der Waals surface area contributed by atoms with Crippen molar-refractivity contribution >= 4 is 69.3 Å². The molecular weight excluding hydrogens is 661 g/mol. The predicted molar refractivity (Wildman–Crippen MR) is 163 cm³/mol. The van der Waals surface area contributed by atoms with Gasteiger partial charge in [-0.25, -0.2) is 14.8 Å². The van der Waals surface area contributed by atoms with E-state index in [1.807, 2.05) is 31.4 Å². The van der Waals surface area contributed by atoms with Crippen molar-refractivity contribution < 1.29 is 19.1 Å². The van der Waals surface area contributed by atoms with Crippen molar-refractivity contribution in [3.63, 3.8) is 0 Å². The number of hydrogen-bond donors (Lipinski definition) is 2. The summed E-state index contributed by atoms with van der Waals surface area (Å²) in [6.45, 7) is 7.42. The number of fused-ring (bicyclic) bond motifs is 1. The maximum atomic E-state index is 13.3. The van der Waals surface area contributed by atoms with Gasteiger partial charge in [0.1, 0.15) is 9.30 Å². The first-order chi connectivity index (χ1) is 19.5. The molecule has 3 aromatic rings. The number of carbonyl (C=O) groups excluding carboxylic acids is 3. The van der Waals surface area contributed by atoms with Gasteiger partial charge in [-0.2, -0.15) is 0 Å². The fourth-order valence-corrected chi connectivity index (χ4v) is 5.87. The van der Waals surface area contributed by atoms with E-state index in [4.69, 9.17) is 16.3 Å². The van der Waals surface area contributed by atoms with Gasteiger partial charge in [0.25, 0.3) is 5.91 Å². The van der Waals surface area contributed by atoms with Gasteiger partial charge in [-0.15, -0.1) is 0 Å². The molecule has 0 spiro atoms. The Kier molecular flexibility index (Phi) is 8.60. The first-order valence-electron chi connectivity index (χ1n) is 13.6. The molecule has 2 aromatic heterocycles. The van der Waals surface area contributed by atoms with Crippen molar-refractivity contribution in [3.05, 3.63) is 51.1 Å². The topological polar surface area (TPSA) is 121 Å². The van der Waals surface area contributed by atoms with Crippen LogP contribution in [-0.4, -0.2) is 79.9 Å². The van der Waals surface area contributed by atoms with Gasteiger partial charge in [0.2, 0.25) is 5.91 Å². The highest BCUT2D eigenvalue weighted by molar-refractivity contribution is 14.1. The van der Waals surface area contributed by atoms with E-state index in [0.29, 0.717) is 73.2 Å². The molecule has 41 heavy (non-hydrogen) atoms. The molecule has 0 unspecified atom stereocenters. The fourth-order valence-electron chi connectivity index (χ4n) is 5.09. The SMILES string of the molecule is CC(C)(C)OC(=O)N1CC[C@@H](NC(=O)C2CCN(C(=O)c3ccc(Nc4nccn5c(I)cnc45)cc3Cl)CC2)C1. The second kappa shape index (κ2) is 12.0. The molecule has 0 saturated carbocycles. The van der Waals surface area contributed by atoms with E-state index in [2.05, 4.69) is 43.2 Å².